The molecule has 0 heterocycles. The second-order valence-corrected chi connectivity index (χ2v) is 18.3. The first kappa shape index (κ1) is 55.9. The van der Waals surface area contributed by atoms with E-state index in [4.69, 9.17) is 14.9 Å². The Morgan fingerprint density at radius 3 is 0.807 bits per heavy atom. The van der Waals surface area contributed by atoms with Gasteiger partial charge in [-0.2, -0.15) is 0 Å². The van der Waals surface area contributed by atoms with Crippen LogP contribution in [0.25, 0.3) is 0 Å². The Balaban J connectivity index is 3.15. The smallest absolute Gasteiger partial charge is 0.306 e. The minimum atomic E-state index is -0.832. The number of rotatable bonds is 50. The van der Waals surface area contributed by atoms with Gasteiger partial charge in [0.15, 0.2) is 0 Å². The Morgan fingerprint density at radius 2 is 0.596 bits per heavy atom. The predicted octanol–water partition coefficient (Wildman–Crippen LogP) is 17.2. The lowest BCUT2D eigenvalue weighted by molar-refractivity contribution is -0.145. The summed E-state index contributed by atoms with van der Waals surface area (Å²) < 4.78 is 5.35. The number of carbonyl (C=O) groups excluding carboxylic acids is 1. The van der Waals surface area contributed by atoms with Gasteiger partial charge in [-0.15, -0.1) is 0 Å². The van der Waals surface area contributed by atoms with Gasteiger partial charge < -0.3 is 14.9 Å². The summed E-state index contributed by atoms with van der Waals surface area (Å²) in [6.45, 7) is 2.86. The maximum atomic E-state index is 12.0. The van der Waals surface area contributed by atoms with Crippen LogP contribution in [0, 0.1) is 5.92 Å². The Labute approximate surface area is 356 Å². The number of aliphatic carboxylic acids is 1. The first-order valence-electron chi connectivity index (χ1n) is 26.1. The van der Waals surface area contributed by atoms with Crippen LogP contribution in [0.3, 0.4) is 0 Å². The number of carbonyl (C=O) groups is 2. The molecule has 0 aromatic heterocycles. The summed E-state index contributed by atoms with van der Waals surface area (Å²) in [5, 5.41) is 17.8. The monoisotopic (exact) mass is 807 g/mol. The summed E-state index contributed by atoms with van der Waals surface area (Å²) in [5.74, 6) is -1.16. The van der Waals surface area contributed by atoms with Gasteiger partial charge in [0.2, 0.25) is 0 Å². The standard InChI is InChI=1S/C52H102O5/c1-2-45-50(48-51(54)55)49-52(56)57-47-44-42-40-38-36-34-32-30-28-26-24-22-20-18-16-14-12-10-8-6-4-3-5-7-9-11-13-15-17-19-21-23-25-27-29-31-33-35-37-39-41-43-46-53/h50,53H,2-49H2,1H3,(H,54,55). The lowest BCUT2D eigenvalue weighted by Crippen LogP contribution is -2.15. The fraction of sp³-hybridized carbons (Fsp3) is 0.962. The fourth-order valence-corrected chi connectivity index (χ4v) is 8.70. The molecule has 0 bridgehead atoms. The Kier molecular flexibility index (Phi) is 48.3. The Bertz CT molecular complexity index is 784. The maximum Gasteiger partial charge on any atom is 0.306 e. The molecule has 0 aromatic rings. The zero-order valence-electron chi connectivity index (χ0n) is 38.6. The molecule has 0 aromatic carbocycles. The van der Waals surface area contributed by atoms with E-state index in [1.807, 2.05) is 6.92 Å². The average molecular weight is 807 g/mol. The molecule has 0 amide bonds. The molecule has 0 fully saturated rings. The van der Waals surface area contributed by atoms with Crippen molar-refractivity contribution < 1.29 is 24.5 Å². The third kappa shape index (κ3) is 49.2. The van der Waals surface area contributed by atoms with Crippen molar-refractivity contribution in [2.45, 2.75) is 302 Å². The van der Waals surface area contributed by atoms with Crippen molar-refractivity contribution in [3.63, 3.8) is 0 Å². The molecule has 0 saturated heterocycles. The number of carboxylic acids is 1. The van der Waals surface area contributed by atoms with E-state index in [9.17, 15) is 9.59 Å². The Morgan fingerprint density at radius 1 is 0.368 bits per heavy atom. The summed E-state index contributed by atoms with van der Waals surface area (Å²) in [5.41, 5.74) is 0. The molecule has 0 aliphatic rings. The predicted molar refractivity (Wildman–Crippen MR) is 247 cm³/mol. The zero-order chi connectivity index (χ0) is 41.4. The number of hydrogen-bond donors (Lipinski definition) is 2. The van der Waals surface area contributed by atoms with Crippen LogP contribution in [0.15, 0.2) is 0 Å². The molecular formula is C52H102O5. The van der Waals surface area contributed by atoms with Gasteiger partial charge in [0.05, 0.1) is 6.61 Å². The number of aliphatic hydroxyl groups excluding tert-OH is 1. The van der Waals surface area contributed by atoms with E-state index in [1.54, 1.807) is 0 Å². The van der Waals surface area contributed by atoms with Crippen LogP contribution in [0.1, 0.15) is 302 Å². The maximum absolute atomic E-state index is 12.0. The second-order valence-electron chi connectivity index (χ2n) is 18.3. The van der Waals surface area contributed by atoms with Crippen molar-refractivity contribution in [2.75, 3.05) is 13.2 Å². The molecule has 0 rings (SSSR count). The highest BCUT2D eigenvalue weighted by molar-refractivity contribution is 5.72. The quantitative estimate of drug-likeness (QED) is 0.0472. The van der Waals surface area contributed by atoms with Gasteiger partial charge in [-0.25, -0.2) is 0 Å². The van der Waals surface area contributed by atoms with E-state index < -0.39 is 5.97 Å². The third-order valence-corrected chi connectivity index (χ3v) is 12.4. The minimum absolute atomic E-state index is 0.0567. The van der Waals surface area contributed by atoms with Gasteiger partial charge in [0.1, 0.15) is 0 Å². The van der Waals surface area contributed by atoms with Crippen molar-refractivity contribution in [2.24, 2.45) is 5.92 Å². The van der Waals surface area contributed by atoms with Crippen molar-refractivity contribution in [1.29, 1.82) is 0 Å². The lowest BCUT2D eigenvalue weighted by atomic mass is 9.96. The van der Waals surface area contributed by atoms with Crippen molar-refractivity contribution in [3.8, 4) is 0 Å². The summed E-state index contributed by atoms with van der Waals surface area (Å²) in [6.07, 6.45) is 60.4. The number of ether oxygens (including phenoxy) is 1. The first-order valence-corrected chi connectivity index (χ1v) is 26.1. The van der Waals surface area contributed by atoms with Crippen LogP contribution in [0.2, 0.25) is 0 Å². The number of unbranched alkanes of at least 4 members (excludes halogenated alkanes) is 41. The topological polar surface area (TPSA) is 83.8 Å². The summed E-state index contributed by atoms with van der Waals surface area (Å²) in [4.78, 5) is 22.9. The highest BCUT2D eigenvalue weighted by Crippen LogP contribution is 2.19. The molecule has 0 aliphatic carbocycles. The molecule has 5 heteroatoms. The van der Waals surface area contributed by atoms with Crippen LogP contribution in [-0.4, -0.2) is 35.4 Å². The second kappa shape index (κ2) is 49.3. The molecule has 0 saturated carbocycles. The molecule has 57 heavy (non-hydrogen) atoms. The lowest BCUT2D eigenvalue weighted by Gasteiger charge is -2.13. The highest BCUT2D eigenvalue weighted by atomic mass is 16.5. The summed E-state index contributed by atoms with van der Waals surface area (Å²) in [7, 11) is 0. The highest BCUT2D eigenvalue weighted by Gasteiger charge is 2.17. The SMILES string of the molecule is CCCC(CC(=O)O)CC(=O)OCCCCCCCCCCCCCCCCCCCCCCCCCCCCCCCCCCCCCCCCCCCCO. The van der Waals surface area contributed by atoms with Crippen LogP contribution in [0.5, 0.6) is 0 Å². The molecule has 0 aliphatic heterocycles. The van der Waals surface area contributed by atoms with Crippen molar-refractivity contribution in [3.05, 3.63) is 0 Å². The summed E-state index contributed by atoms with van der Waals surface area (Å²) in [6, 6.07) is 0. The Hall–Kier alpha value is -1.10. The first-order chi connectivity index (χ1) is 28.1. The molecule has 340 valence electrons. The number of esters is 1. The average Bonchev–Trinajstić information content (AvgIpc) is 3.19. The van der Waals surface area contributed by atoms with Gasteiger partial charge >= 0.3 is 11.9 Å². The summed E-state index contributed by atoms with van der Waals surface area (Å²) >= 11 is 0. The van der Waals surface area contributed by atoms with Crippen LogP contribution >= 0.6 is 0 Å². The van der Waals surface area contributed by atoms with E-state index in [1.165, 1.54) is 250 Å². The van der Waals surface area contributed by atoms with E-state index >= 15 is 0 Å². The van der Waals surface area contributed by atoms with E-state index in [0.29, 0.717) is 13.2 Å². The van der Waals surface area contributed by atoms with E-state index in [-0.39, 0.29) is 24.7 Å². The molecule has 0 radical (unpaired) electrons. The number of hydrogen-bond acceptors (Lipinski definition) is 4. The molecular weight excluding hydrogens is 705 g/mol. The van der Waals surface area contributed by atoms with E-state index in [2.05, 4.69) is 0 Å². The fourth-order valence-electron chi connectivity index (χ4n) is 8.70. The number of carboxylic acid groups (broad SMARTS) is 1. The van der Waals surface area contributed by atoms with Gasteiger partial charge in [0.25, 0.3) is 0 Å². The van der Waals surface area contributed by atoms with Gasteiger partial charge in [0, 0.05) is 19.4 Å². The largest absolute Gasteiger partial charge is 0.481 e. The number of aliphatic hydroxyl groups is 1. The molecule has 2 N–H and O–H groups in total. The zero-order valence-corrected chi connectivity index (χ0v) is 38.6. The van der Waals surface area contributed by atoms with Gasteiger partial charge in [-0.05, 0) is 25.2 Å². The molecule has 0 spiro atoms. The normalized spacial score (nSPS) is 12.0. The van der Waals surface area contributed by atoms with Crippen molar-refractivity contribution in [1.82, 2.24) is 0 Å². The van der Waals surface area contributed by atoms with Crippen LogP contribution in [0.4, 0.5) is 0 Å². The molecule has 5 nitrogen and oxygen atoms in total. The molecule has 1 atom stereocenters. The van der Waals surface area contributed by atoms with Gasteiger partial charge in [-0.1, -0.05) is 270 Å². The van der Waals surface area contributed by atoms with E-state index in [0.717, 1.165) is 32.1 Å². The molecule has 1 unspecified atom stereocenters. The van der Waals surface area contributed by atoms with Crippen LogP contribution in [-0.2, 0) is 14.3 Å². The minimum Gasteiger partial charge on any atom is -0.481 e. The third-order valence-electron chi connectivity index (χ3n) is 12.4. The van der Waals surface area contributed by atoms with Crippen molar-refractivity contribution >= 4 is 11.9 Å². The van der Waals surface area contributed by atoms with Gasteiger partial charge in [-0.3, -0.25) is 9.59 Å². The van der Waals surface area contributed by atoms with Crippen LogP contribution < -0.4 is 0 Å².